The van der Waals surface area contributed by atoms with Gasteiger partial charge in [-0.2, -0.15) is 0 Å². The van der Waals surface area contributed by atoms with E-state index >= 15 is 0 Å². The molecular weight excluding hydrogens is 672 g/mol. The summed E-state index contributed by atoms with van der Waals surface area (Å²) < 4.78 is 25.3. The average Bonchev–Trinajstić information content (AvgIpc) is 3.51. The van der Waals surface area contributed by atoms with E-state index in [0.717, 1.165) is 57.1 Å². The van der Waals surface area contributed by atoms with E-state index in [1.807, 2.05) is 0 Å². The van der Waals surface area contributed by atoms with E-state index in [4.69, 9.17) is 0 Å². The number of alkyl halides is 1. The molecule has 1 N–H and O–H groups in total. The van der Waals surface area contributed by atoms with Crippen LogP contribution in [0.1, 0.15) is 138 Å². The van der Waals surface area contributed by atoms with Crippen LogP contribution in [0.25, 0.3) is 0 Å². The number of fused-ring (bicyclic) bond motifs is 7. The molecular formula is C44H71FN2O4S. The van der Waals surface area contributed by atoms with Gasteiger partial charge < -0.3 is 14.9 Å². The highest BCUT2D eigenvalue weighted by Gasteiger charge is 2.69. The molecule has 0 radical (unpaired) electrons. The van der Waals surface area contributed by atoms with Crippen LogP contribution in [0.5, 0.6) is 0 Å². The molecule has 8 heteroatoms. The van der Waals surface area contributed by atoms with E-state index in [2.05, 4.69) is 56.6 Å². The van der Waals surface area contributed by atoms with E-state index in [1.165, 1.54) is 68.9 Å². The zero-order valence-corrected chi connectivity index (χ0v) is 34.4. The zero-order valence-electron chi connectivity index (χ0n) is 33.6. The summed E-state index contributed by atoms with van der Waals surface area (Å²) in [5.74, 6) is 3.61. The molecule has 7 unspecified atom stereocenters. The lowest BCUT2D eigenvalue weighted by atomic mass is 9.32. The molecule has 0 aromatic carbocycles. The van der Waals surface area contributed by atoms with Gasteiger partial charge in [0.2, 0.25) is 5.91 Å². The second-order valence-electron chi connectivity index (χ2n) is 19.5. The second kappa shape index (κ2) is 15.5. The molecule has 1 saturated heterocycles. The Hall–Kier alpha value is -1.54. The van der Waals surface area contributed by atoms with Crippen LogP contribution in [0.2, 0.25) is 0 Å². The maximum atomic E-state index is 13.5. The molecule has 6 aliphatic rings. The monoisotopic (exact) mass is 743 g/mol. The van der Waals surface area contributed by atoms with Gasteiger partial charge in [0, 0.05) is 61.8 Å². The number of carboxylic acid groups (broad SMARTS) is 1. The quantitative estimate of drug-likeness (QED) is 0.204. The van der Waals surface area contributed by atoms with Gasteiger partial charge in [-0.1, -0.05) is 53.2 Å². The van der Waals surface area contributed by atoms with Crippen molar-refractivity contribution in [3.05, 3.63) is 23.3 Å². The van der Waals surface area contributed by atoms with E-state index in [-0.39, 0.29) is 46.1 Å². The van der Waals surface area contributed by atoms with Crippen LogP contribution in [-0.4, -0.2) is 81.9 Å². The lowest BCUT2D eigenvalue weighted by molar-refractivity contribution is -0.225. The van der Waals surface area contributed by atoms with Crippen molar-refractivity contribution in [1.29, 1.82) is 0 Å². The fourth-order valence-electron chi connectivity index (χ4n) is 14.2. The van der Waals surface area contributed by atoms with Crippen LogP contribution in [0.3, 0.4) is 0 Å². The molecule has 8 atom stereocenters. The molecule has 6 rings (SSSR count). The van der Waals surface area contributed by atoms with Crippen LogP contribution in [0, 0.1) is 50.7 Å². The highest BCUT2D eigenvalue weighted by atomic mass is 32.2. The first kappa shape index (κ1) is 40.1. The number of halogens is 1. The first-order valence-electron chi connectivity index (χ1n) is 21.1. The van der Waals surface area contributed by atoms with Gasteiger partial charge in [0.25, 0.3) is 0 Å². The van der Waals surface area contributed by atoms with Crippen LogP contribution >= 0.6 is 0 Å². The third-order valence-electron chi connectivity index (χ3n) is 16.9. The van der Waals surface area contributed by atoms with Gasteiger partial charge in [-0.05, 0) is 152 Å². The Bertz CT molecular complexity index is 1420. The Labute approximate surface area is 317 Å². The normalized spacial score (nSPS) is 39.1. The lowest BCUT2D eigenvalue weighted by Crippen LogP contribution is -2.65. The number of rotatable bonds is 13. The smallest absolute Gasteiger partial charge is 0.303 e. The summed E-state index contributed by atoms with van der Waals surface area (Å²) in [5, 5.41) is 9.32. The molecule has 1 heterocycles. The maximum Gasteiger partial charge on any atom is 0.303 e. The summed E-state index contributed by atoms with van der Waals surface area (Å²) >= 11 is 0. The van der Waals surface area contributed by atoms with Gasteiger partial charge in [-0.25, -0.2) is 0 Å². The number of carboxylic acids is 1. The van der Waals surface area contributed by atoms with Gasteiger partial charge in [0.05, 0.1) is 6.67 Å². The number of allylic oxidation sites excluding steroid dienone is 4. The van der Waals surface area contributed by atoms with Gasteiger partial charge in [0.1, 0.15) is 0 Å². The Morgan fingerprint density at radius 1 is 0.942 bits per heavy atom. The minimum Gasteiger partial charge on any atom is -0.481 e. The lowest BCUT2D eigenvalue weighted by Gasteiger charge is -2.72. The fourth-order valence-corrected chi connectivity index (χ4v) is 15.3. The minimum absolute atomic E-state index is 0.0480. The van der Waals surface area contributed by atoms with Crippen molar-refractivity contribution in [2.24, 2.45) is 50.7 Å². The van der Waals surface area contributed by atoms with Gasteiger partial charge in [-0.3, -0.25) is 18.2 Å². The highest BCUT2D eigenvalue weighted by molar-refractivity contribution is 7.85. The molecule has 5 aliphatic carbocycles. The maximum absolute atomic E-state index is 13.5. The Morgan fingerprint density at radius 3 is 2.38 bits per heavy atom. The number of amides is 1. The first-order valence-corrected chi connectivity index (χ1v) is 22.6. The predicted molar refractivity (Wildman–Crippen MR) is 210 cm³/mol. The van der Waals surface area contributed by atoms with Crippen LogP contribution in [-0.2, 0) is 20.4 Å². The van der Waals surface area contributed by atoms with Crippen molar-refractivity contribution in [2.75, 3.05) is 50.9 Å². The van der Waals surface area contributed by atoms with E-state index < -0.39 is 16.8 Å². The van der Waals surface area contributed by atoms with Crippen molar-refractivity contribution in [3.63, 3.8) is 0 Å². The molecule has 4 saturated carbocycles. The first-order chi connectivity index (χ1) is 24.6. The molecule has 5 fully saturated rings. The highest BCUT2D eigenvalue weighted by Crippen LogP contribution is 2.77. The molecule has 6 nitrogen and oxygen atoms in total. The van der Waals surface area contributed by atoms with Crippen molar-refractivity contribution in [2.45, 2.75) is 138 Å². The Kier molecular flexibility index (Phi) is 12.0. The van der Waals surface area contributed by atoms with Crippen LogP contribution in [0.15, 0.2) is 23.3 Å². The van der Waals surface area contributed by atoms with Gasteiger partial charge >= 0.3 is 5.97 Å². The average molecular weight is 743 g/mol. The summed E-state index contributed by atoms with van der Waals surface area (Å²) in [4.78, 5) is 29.1. The van der Waals surface area contributed by atoms with Crippen LogP contribution < -0.4 is 0 Å². The number of aliphatic carboxylic acids is 1. The number of carbonyl (C=O) groups excluding carboxylic acids is 1. The molecule has 52 heavy (non-hydrogen) atoms. The fraction of sp³-hybridized carbons (Fsp3) is 0.864. The standard InChI is InChI=1S/C44H71FN2O4S/c1-32(48)47(26-10-25-46-27-29-52(51)30-28-46)31-44-19-8-13-36(44)35-15-16-38-41(4)20-17-34(33(12-9-24-45)11-7-14-39(49)50)40(2,3)37(41)18-21-43(38,6)42(35,5)22-23-44/h11,17,35-38H,7-10,12-16,18-31H2,1-6H3,(H,49,50)/b33-11+/t35?,36?,37?,38?,41?,42-,43?,44?/m1/s1. The van der Waals surface area contributed by atoms with E-state index in [9.17, 15) is 23.3 Å². The molecule has 0 bridgehead atoms. The Morgan fingerprint density at radius 2 is 1.69 bits per heavy atom. The topological polar surface area (TPSA) is 77.9 Å². The van der Waals surface area contributed by atoms with Crippen LogP contribution in [0.4, 0.5) is 4.39 Å². The summed E-state index contributed by atoms with van der Waals surface area (Å²) in [6, 6.07) is 0. The summed E-state index contributed by atoms with van der Waals surface area (Å²) in [7, 11) is -0.656. The number of hydrogen-bond acceptors (Lipinski definition) is 4. The van der Waals surface area contributed by atoms with Gasteiger partial charge in [-0.15, -0.1) is 0 Å². The number of hydrogen-bond donors (Lipinski definition) is 1. The van der Waals surface area contributed by atoms with E-state index in [1.54, 1.807) is 6.92 Å². The van der Waals surface area contributed by atoms with Crippen molar-refractivity contribution in [1.82, 2.24) is 9.80 Å². The Balaban J connectivity index is 1.20. The molecule has 0 aromatic heterocycles. The molecule has 294 valence electrons. The number of carbonyl (C=O) groups is 2. The third-order valence-corrected chi connectivity index (χ3v) is 18.2. The number of nitrogens with zero attached hydrogens (tertiary/aromatic N) is 2. The molecule has 1 aliphatic heterocycles. The van der Waals surface area contributed by atoms with E-state index in [0.29, 0.717) is 42.9 Å². The minimum atomic E-state index is -0.778. The molecule has 0 spiro atoms. The molecule has 1 amide bonds. The summed E-state index contributed by atoms with van der Waals surface area (Å²) in [5.41, 5.74) is 3.48. The van der Waals surface area contributed by atoms with Crippen molar-refractivity contribution in [3.8, 4) is 0 Å². The van der Waals surface area contributed by atoms with Crippen molar-refractivity contribution < 1.29 is 23.3 Å². The summed E-state index contributed by atoms with van der Waals surface area (Å²) in [6.45, 7) is 18.9. The third kappa shape index (κ3) is 7.16. The SMILES string of the molecule is CC(=O)N(CCCN1CCS(=O)CC1)CC12CCCC1C1CCC3C4(C)CC=C(/C(=C/CCC(=O)O)CCCF)C(C)(C)C4CCC3(C)[C@]1(C)CC2. The van der Waals surface area contributed by atoms with Gasteiger partial charge in [0.15, 0.2) is 0 Å². The summed E-state index contributed by atoms with van der Waals surface area (Å²) in [6.07, 6.45) is 19.9. The largest absolute Gasteiger partial charge is 0.481 e. The predicted octanol–water partition coefficient (Wildman–Crippen LogP) is 9.22. The zero-order chi connectivity index (χ0) is 37.5. The van der Waals surface area contributed by atoms with Crippen molar-refractivity contribution >= 4 is 22.7 Å². The second-order valence-corrected chi connectivity index (χ2v) is 21.2. The molecule has 0 aromatic rings.